The Balaban J connectivity index is 0.00000200. The molecule has 0 spiro atoms. The summed E-state index contributed by atoms with van der Waals surface area (Å²) in [5, 5.41) is 5.78. The van der Waals surface area contributed by atoms with Crippen molar-refractivity contribution in [3.8, 4) is 0 Å². The number of rotatable bonds is 4. The lowest BCUT2D eigenvalue weighted by Crippen LogP contribution is -2.44. The summed E-state index contributed by atoms with van der Waals surface area (Å²) in [5.41, 5.74) is 6.04. The van der Waals surface area contributed by atoms with Gasteiger partial charge in [0.1, 0.15) is 10.7 Å². The number of aromatic nitrogens is 1. The summed E-state index contributed by atoms with van der Waals surface area (Å²) in [4.78, 5) is 16.4. The maximum Gasteiger partial charge on any atom is 0.270 e. The van der Waals surface area contributed by atoms with Gasteiger partial charge in [-0.1, -0.05) is 26.7 Å². The number of amides is 1. The number of thiazole rings is 1. The number of nitrogens with one attached hydrogen (secondary N) is 1. The molecule has 2 rings (SSSR count). The van der Waals surface area contributed by atoms with E-state index < -0.39 is 0 Å². The monoisotopic (exact) mass is 317 g/mol. The van der Waals surface area contributed by atoms with Gasteiger partial charge in [0, 0.05) is 18.0 Å². The molecular formula is C14H24ClN3OS. The van der Waals surface area contributed by atoms with Gasteiger partial charge in [-0.2, -0.15) is 0 Å². The highest BCUT2D eigenvalue weighted by molar-refractivity contribution is 7.09. The summed E-state index contributed by atoms with van der Waals surface area (Å²) in [5.74, 6) is 1.15. The number of carbonyl (C=O) groups is 1. The second-order valence-electron chi connectivity index (χ2n) is 5.60. The van der Waals surface area contributed by atoms with Gasteiger partial charge in [-0.15, -0.1) is 23.7 Å². The van der Waals surface area contributed by atoms with Crippen LogP contribution in [0.2, 0.25) is 0 Å². The lowest BCUT2D eigenvalue weighted by Gasteiger charge is -2.34. The van der Waals surface area contributed by atoms with Crippen LogP contribution >= 0.6 is 23.7 Å². The van der Waals surface area contributed by atoms with Crippen LogP contribution in [-0.4, -0.2) is 16.9 Å². The third kappa shape index (κ3) is 4.17. The maximum absolute atomic E-state index is 12.2. The van der Waals surface area contributed by atoms with Gasteiger partial charge in [0.15, 0.2) is 0 Å². The van der Waals surface area contributed by atoms with E-state index in [2.05, 4.69) is 24.1 Å². The lowest BCUT2D eigenvalue weighted by atomic mass is 9.78. The Morgan fingerprint density at radius 2 is 2.20 bits per heavy atom. The van der Waals surface area contributed by atoms with Crippen molar-refractivity contribution < 1.29 is 4.79 Å². The molecule has 0 aliphatic heterocycles. The van der Waals surface area contributed by atoms with E-state index in [1.165, 1.54) is 30.6 Å². The molecule has 0 bridgehead atoms. The van der Waals surface area contributed by atoms with Gasteiger partial charge < -0.3 is 11.1 Å². The Bertz CT molecular complexity index is 436. The molecule has 20 heavy (non-hydrogen) atoms. The predicted molar refractivity (Wildman–Crippen MR) is 85.3 cm³/mol. The van der Waals surface area contributed by atoms with Gasteiger partial charge in [0.25, 0.3) is 5.91 Å². The Morgan fingerprint density at radius 1 is 1.50 bits per heavy atom. The van der Waals surface area contributed by atoms with Crippen LogP contribution in [0.4, 0.5) is 0 Å². The summed E-state index contributed by atoms with van der Waals surface area (Å²) in [6, 6.07) is 0.296. The molecule has 1 aliphatic rings. The minimum absolute atomic E-state index is 0. The Kier molecular flexibility index (Phi) is 6.92. The maximum atomic E-state index is 12.2. The minimum atomic E-state index is -0.0477. The fourth-order valence-corrected chi connectivity index (χ4v) is 3.54. The van der Waals surface area contributed by atoms with E-state index in [0.717, 1.165) is 11.4 Å². The molecule has 3 N–H and O–H groups in total. The average Bonchev–Trinajstić information content (AvgIpc) is 2.88. The second-order valence-corrected chi connectivity index (χ2v) is 6.55. The molecule has 1 aromatic heterocycles. The predicted octanol–water partition coefficient (Wildman–Crippen LogP) is 2.97. The molecule has 1 fully saturated rings. The average molecular weight is 318 g/mol. The van der Waals surface area contributed by atoms with Crippen LogP contribution in [0.5, 0.6) is 0 Å². The number of halogens is 1. The van der Waals surface area contributed by atoms with E-state index in [9.17, 15) is 4.79 Å². The zero-order chi connectivity index (χ0) is 13.8. The Labute approximate surface area is 131 Å². The van der Waals surface area contributed by atoms with Crippen molar-refractivity contribution in [2.24, 2.45) is 17.6 Å². The van der Waals surface area contributed by atoms with Gasteiger partial charge in [-0.05, 0) is 24.7 Å². The van der Waals surface area contributed by atoms with E-state index in [1.807, 2.05) is 0 Å². The largest absolute Gasteiger partial charge is 0.348 e. The normalized spacial score (nSPS) is 22.4. The number of nitrogens with zero attached hydrogens (tertiary/aromatic N) is 1. The fourth-order valence-electron chi connectivity index (χ4n) is 2.89. The van der Waals surface area contributed by atoms with E-state index in [4.69, 9.17) is 5.73 Å². The van der Waals surface area contributed by atoms with Crippen LogP contribution in [0, 0.1) is 11.8 Å². The van der Waals surface area contributed by atoms with Gasteiger partial charge >= 0.3 is 0 Å². The molecule has 1 saturated carbocycles. The van der Waals surface area contributed by atoms with Crippen molar-refractivity contribution in [3.05, 3.63) is 16.1 Å². The highest BCUT2D eigenvalue weighted by Gasteiger charge is 2.29. The molecule has 1 aromatic rings. The molecule has 2 atom stereocenters. The van der Waals surface area contributed by atoms with Crippen molar-refractivity contribution in [2.45, 2.75) is 52.1 Å². The fraction of sp³-hybridized carbons (Fsp3) is 0.714. The van der Waals surface area contributed by atoms with Crippen molar-refractivity contribution in [2.75, 3.05) is 0 Å². The first-order chi connectivity index (χ1) is 9.11. The number of hydrogen-bond donors (Lipinski definition) is 2. The second kappa shape index (κ2) is 7.96. The Hall–Kier alpha value is -0.650. The molecule has 0 saturated heterocycles. The first kappa shape index (κ1) is 17.4. The summed E-state index contributed by atoms with van der Waals surface area (Å²) in [6.45, 7) is 4.88. The standard InChI is InChI=1S/C14H23N3OS.ClH/c1-9(2)10-5-3-4-6-11(10)17-14(18)12-8-19-13(7-15)16-12;/h8-11H,3-7,15H2,1-2H3,(H,17,18);1H. The van der Waals surface area contributed by atoms with Crippen molar-refractivity contribution >= 4 is 29.7 Å². The van der Waals surface area contributed by atoms with Crippen LogP contribution in [0.3, 0.4) is 0 Å². The summed E-state index contributed by atoms with van der Waals surface area (Å²) in [6.07, 6.45) is 4.79. The molecule has 1 aliphatic carbocycles. The first-order valence-electron chi connectivity index (χ1n) is 7.07. The van der Waals surface area contributed by atoms with Gasteiger partial charge in [0.2, 0.25) is 0 Å². The van der Waals surface area contributed by atoms with Gasteiger partial charge in [0.05, 0.1) is 0 Å². The summed E-state index contributed by atoms with van der Waals surface area (Å²) >= 11 is 1.45. The van der Waals surface area contributed by atoms with Crippen LogP contribution in [0.25, 0.3) is 0 Å². The highest BCUT2D eigenvalue weighted by atomic mass is 35.5. The minimum Gasteiger partial charge on any atom is -0.348 e. The molecule has 1 heterocycles. The van der Waals surface area contributed by atoms with Crippen molar-refractivity contribution in [1.82, 2.24) is 10.3 Å². The Morgan fingerprint density at radius 3 is 2.80 bits per heavy atom. The molecule has 114 valence electrons. The zero-order valence-electron chi connectivity index (χ0n) is 12.1. The lowest BCUT2D eigenvalue weighted by molar-refractivity contribution is 0.0884. The number of nitrogens with two attached hydrogens (primary N) is 1. The van der Waals surface area contributed by atoms with E-state index in [1.54, 1.807) is 5.38 Å². The third-order valence-electron chi connectivity index (χ3n) is 3.95. The van der Waals surface area contributed by atoms with E-state index in [-0.39, 0.29) is 18.3 Å². The van der Waals surface area contributed by atoms with Gasteiger partial charge in [-0.3, -0.25) is 4.79 Å². The van der Waals surface area contributed by atoms with Crippen molar-refractivity contribution in [3.63, 3.8) is 0 Å². The first-order valence-corrected chi connectivity index (χ1v) is 7.95. The smallest absolute Gasteiger partial charge is 0.270 e. The quantitative estimate of drug-likeness (QED) is 0.897. The van der Waals surface area contributed by atoms with E-state index >= 15 is 0 Å². The van der Waals surface area contributed by atoms with Crippen LogP contribution in [0.1, 0.15) is 55.0 Å². The van der Waals surface area contributed by atoms with E-state index in [0.29, 0.717) is 30.1 Å². The molecule has 0 radical (unpaired) electrons. The topological polar surface area (TPSA) is 68.0 Å². The molecular weight excluding hydrogens is 294 g/mol. The third-order valence-corrected chi connectivity index (χ3v) is 4.82. The zero-order valence-corrected chi connectivity index (χ0v) is 13.7. The molecule has 4 nitrogen and oxygen atoms in total. The summed E-state index contributed by atoms with van der Waals surface area (Å²) in [7, 11) is 0. The van der Waals surface area contributed by atoms with Crippen molar-refractivity contribution in [1.29, 1.82) is 0 Å². The highest BCUT2D eigenvalue weighted by Crippen LogP contribution is 2.30. The molecule has 1 amide bonds. The van der Waals surface area contributed by atoms with Gasteiger partial charge in [-0.25, -0.2) is 4.98 Å². The molecule has 0 aromatic carbocycles. The SMILES string of the molecule is CC(C)C1CCCCC1NC(=O)c1csc(CN)n1.Cl. The van der Waals surface area contributed by atoms with Crippen LogP contribution in [0.15, 0.2) is 5.38 Å². The van der Waals surface area contributed by atoms with Crippen LogP contribution < -0.4 is 11.1 Å². The molecule has 6 heteroatoms. The summed E-state index contributed by atoms with van der Waals surface area (Å²) < 4.78 is 0. The number of hydrogen-bond acceptors (Lipinski definition) is 4. The molecule has 2 unspecified atom stereocenters. The van der Waals surface area contributed by atoms with Crippen LogP contribution in [-0.2, 0) is 6.54 Å². The number of carbonyl (C=O) groups excluding carboxylic acids is 1.